The predicted octanol–water partition coefficient (Wildman–Crippen LogP) is 1.59. The van der Waals surface area contributed by atoms with Crippen LogP contribution < -0.4 is 0 Å². The van der Waals surface area contributed by atoms with E-state index < -0.39 is 0 Å². The summed E-state index contributed by atoms with van der Waals surface area (Å²) in [5.74, 6) is -0.364. The first kappa shape index (κ1) is 13.0. The van der Waals surface area contributed by atoms with Crippen LogP contribution in [0.25, 0.3) is 0 Å². The van der Waals surface area contributed by atoms with E-state index in [1.165, 1.54) is 0 Å². The van der Waals surface area contributed by atoms with Gasteiger partial charge in [0.05, 0.1) is 12.5 Å². The Kier molecular flexibility index (Phi) is 5.29. The van der Waals surface area contributed by atoms with Crippen molar-refractivity contribution < 1.29 is 14.3 Å². The molecule has 0 aromatic rings. The summed E-state index contributed by atoms with van der Waals surface area (Å²) in [5, 5.41) is 0. The molecule has 4 nitrogen and oxygen atoms in total. The summed E-state index contributed by atoms with van der Waals surface area (Å²) in [4.78, 5) is 24.9. The molecule has 92 valence electrons. The summed E-state index contributed by atoms with van der Waals surface area (Å²) in [6.45, 7) is 5.82. The van der Waals surface area contributed by atoms with Crippen LogP contribution in [0.4, 0.5) is 0 Å². The van der Waals surface area contributed by atoms with Crippen LogP contribution in [0.3, 0.4) is 0 Å². The standard InChI is InChI=1S/C12H21NO3/c1-3-5-6-13-9-10(8-11(13)14)12(15)16-7-4-2/h10H,3-9H2,1-2H3. The topological polar surface area (TPSA) is 46.6 Å². The highest BCUT2D eigenvalue weighted by Crippen LogP contribution is 2.19. The van der Waals surface area contributed by atoms with Crippen molar-refractivity contribution in [2.75, 3.05) is 19.7 Å². The van der Waals surface area contributed by atoms with Gasteiger partial charge in [-0.1, -0.05) is 20.3 Å². The van der Waals surface area contributed by atoms with E-state index in [1.807, 2.05) is 6.92 Å². The first-order valence-electron chi connectivity index (χ1n) is 6.13. The summed E-state index contributed by atoms with van der Waals surface area (Å²) in [6, 6.07) is 0. The van der Waals surface area contributed by atoms with E-state index in [9.17, 15) is 9.59 Å². The average Bonchev–Trinajstić information content (AvgIpc) is 2.65. The van der Waals surface area contributed by atoms with Gasteiger partial charge in [-0.15, -0.1) is 0 Å². The Labute approximate surface area is 96.9 Å². The van der Waals surface area contributed by atoms with E-state index in [-0.39, 0.29) is 17.8 Å². The Bertz CT molecular complexity index is 253. The molecule has 0 bridgehead atoms. The van der Waals surface area contributed by atoms with E-state index in [1.54, 1.807) is 4.90 Å². The summed E-state index contributed by atoms with van der Waals surface area (Å²) < 4.78 is 5.06. The Hall–Kier alpha value is -1.06. The molecule has 1 rings (SSSR count). The molecule has 1 heterocycles. The molecule has 16 heavy (non-hydrogen) atoms. The number of carbonyl (C=O) groups is 2. The number of esters is 1. The first-order valence-corrected chi connectivity index (χ1v) is 6.13. The summed E-state index contributed by atoms with van der Waals surface area (Å²) in [5.41, 5.74) is 0. The zero-order chi connectivity index (χ0) is 12.0. The molecule has 1 saturated heterocycles. The van der Waals surface area contributed by atoms with Crippen molar-refractivity contribution >= 4 is 11.9 Å². The maximum absolute atomic E-state index is 11.6. The smallest absolute Gasteiger partial charge is 0.311 e. The fourth-order valence-electron chi connectivity index (χ4n) is 1.82. The lowest BCUT2D eigenvalue weighted by Gasteiger charge is -2.15. The number of rotatable bonds is 6. The molecular formula is C12H21NO3. The minimum atomic E-state index is -0.240. The summed E-state index contributed by atoms with van der Waals surface area (Å²) in [7, 11) is 0. The van der Waals surface area contributed by atoms with Gasteiger partial charge in [0.2, 0.25) is 5.91 Å². The van der Waals surface area contributed by atoms with Crippen LogP contribution in [0.5, 0.6) is 0 Å². The number of amides is 1. The third-order valence-corrected chi connectivity index (χ3v) is 2.78. The molecule has 1 fully saturated rings. The monoisotopic (exact) mass is 227 g/mol. The van der Waals surface area contributed by atoms with Gasteiger partial charge in [0, 0.05) is 19.5 Å². The third-order valence-electron chi connectivity index (χ3n) is 2.78. The van der Waals surface area contributed by atoms with Crippen molar-refractivity contribution in [3.05, 3.63) is 0 Å². The maximum atomic E-state index is 11.6. The largest absolute Gasteiger partial charge is 0.465 e. The Morgan fingerprint density at radius 3 is 2.81 bits per heavy atom. The number of ether oxygens (including phenoxy) is 1. The summed E-state index contributed by atoms with van der Waals surface area (Å²) >= 11 is 0. The van der Waals surface area contributed by atoms with Gasteiger partial charge in [-0.3, -0.25) is 9.59 Å². The van der Waals surface area contributed by atoms with E-state index in [2.05, 4.69) is 6.92 Å². The predicted molar refractivity (Wildman–Crippen MR) is 60.8 cm³/mol. The first-order chi connectivity index (χ1) is 7.69. The number of unbranched alkanes of at least 4 members (excludes halogenated alkanes) is 1. The molecule has 0 aromatic heterocycles. The third kappa shape index (κ3) is 3.51. The number of carbonyl (C=O) groups excluding carboxylic acids is 2. The van der Waals surface area contributed by atoms with Crippen LogP contribution in [0.15, 0.2) is 0 Å². The zero-order valence-corrected chi connectivity index (χ0v) is 10.2. The van der Waals surface area contributed by atoms with Gasteiger partial charge in [0.1, 0.15) is 0 Å². The van der Waals surface area contributed by atoms with Gasteiger partial charge in [-0.05, 0) is 12.8 Å². The Balaban J connectivity index is 2.36. The van der Waals surface area contributed by atoms with E-state index >= 15 is 0 Å². The minimum absolute atomic E-state index is 0.0897. The van der Waals surface area contributed by atoms with Gasteiger partial charge in [0.25, 0.3) is 0 Å². The number of likely N-dealkylation sites (tertiary alicyclic amines) is 1. The van der Waals surface area contributed by atoms with Crippen LogP contribution in [0.1, 0.15) is 39.5 Å². The molecule has 4 heteroatoms. The second kappa shape index (κ2) is 6.51. The summed E-state index contributed by atoms with van der Waals surface area (Å²) in [6.07, 6.45) is 3.22. The van der Waals surface area contributed by atoms with Gasteiger partial charge >= 0.3 is 5.97 Å². The number of nitrogens with zero attached hydrogens (tertiary/aromatic N) is 1. The van der Waals surface area contributed by atoms with Gasteiger partial charge in [-0.25, -0.2) is 0 Å². The van der Waals surface area contributed by atoms with Crippen molar-refractivity contribution in [3.8, 4) is 0 Å². The normalized spacial score (nSPS) is 20.2. The van der Waals surface area contributed by atoms with Crippen LogP contribution in [0, 0.1) is 5.92 Å². The van der Waals surface area contributed by atoms with Crippen LogP contribution in [-0.2, 0) is 14.3 Å². The lowest BCUT2D eigenvalue weighted by Crippen LogP contribution is -2.27. The number of hydrogen-bond acceptors (Lipinski definition) is 3. The molecule has 1 aliphatic rings. The molecule has 0 N–H and O–H groups in total. The molecule has 1 atom stereocenters. The molecular weight excluding hydrogens is 206 g/mol. The minimum Gasteiger partial charge on any atom is -0.465 e. The van der Waals surface area contributed by atoms with Crippen LogP contribution in [-0.4, -0.2) is 36.5 Å². The Morgan fingerprint density at radius 2 is 2.19 bits per heavy atom. The fraction of sp³-hybridized carbons (Fsp3) is 0.833. The second-order valence-electron chi connectivity index (χ2n) is 4.26. The zero-order valence-electron chi connectivity index (χ0n) is 10.2. The molecule has 1 amide bonds. The van der Waals surface area contributed by atoms with Crippen LogP contribution >= 0.6 is 0 Å². The Morgan fingerprint density at radius 1 is 1.44 bits per heavy atom. The van der Waals surface area contributed by atoms with E-state index in [0.717, 1.165) is 25.8 Å². The quantitative estimate of drug-likeness (QED) is 0.647. The molecule has 0 radical (unpaired) electrons. The highest BCUT2D eigenvalue weighted by molar-refractivity contribution is 5.86. The van der Waals surface area contributed by atoms with Crippen molar-refractivity contribution in [2.45, 2.75) is 39.5 Å². The average molecular weight is 227 g/mol. The second-order valence-corrected chi connectivity index (χ2v) is 4.26. The maximum Gasteiger partial charge on any atom is 0.311 e. The van der Waals surface area contributed by atoms with E-state index in [0.29, 0.717) is 19.6 Å². The van der Waals surface area contributed by atoms with Crippen LogP contribution in [0.2, 0.25) is 0 Å². The van der Waals surface area contributed by atoms with Crippen molar-refractivity contribution in [1.29, 1.82) is 0 Å². The lowest BCUT2D eigenvalue weighted by molar-refractivity contribution is -0.148. The molecule has 0 aromatic carbocycles. The van der Waals surface area contributed by atoms with Gasteiger partial charge in [-0.2, -0.15) is 0 Å². The molecule has 1 unspecified atom stereocenters. The fourth-order valence-corrected chi connectivity index (χ4v) is 1.82. The molecule has 1 aliphatic heterocycles. The van der Waals surface area contributed by atoms with Crippen molar-refractivity contribution in [2.24, 2.45) is 5.92 Å². The highest BCUT2D eigenvalue weighted by atomic mass is 16.5. The van der Waals surface area contributed by atoms with Crippen molar-refractivity contribution in [1.82, 2.24) is 4.90 Å². The highest BCUT2D eigenvalue weighted by Gasteiger charge is 2.34. The van der Waals surface area contributed by atoms with Gasteiger partial charge in [0.15, 0.2) is 0 Å². The van der Waals surface area contributed by atoms with E-state index in [4.69, 9.17) is 4.74 Å². The molecule has 0 aliphatic carbocycles. The number of hydrogen-bond donors (Lipinski definition) is 0. The molecule has 0 saturated carbocycles. The SMILES string of the molecule is CCCCN1CC(C(=O)OCCC)CC1=O. The lowest BCUT2D eigenvalue weighted by atomic mass is 10.1. The van der Waals surface area contributed by atoms with Gasteiger partial charge < -0.3 is 9.64 Å². The molecule has 0 spiro atoms. The van der Waals surface area contributed by atoms with Crippen molar-refractivity contribution in [3.63, 3.8) is 0 Å².